The highest BCUT2D eigenvalue weighted by molar-refractivity contribution is 9.09. The first-order chi connectivity index (χ1) is 13.4. The summed E-state index contributed by atoms with van der Waals surface area (Å²) in [5.41, 5.74) is -0.454. The molecule has 1 N–H and O–H groups in total. The van der Waals surface area contributed by atoms with E-state index < -0.39 is 16.5 Å². The molecule has 0 aliphatic carbocycles. The van der Waals surface area contributed by atoms with Crippen LogP contribution in [0.15, 0.2) is 51.7 Å². The number of ether oxygens (including phenoxy) is 1. The molecule has 0 saturated carbocycles. The minimum absolute atomic E-state index is 0.0769. The van der Waals surface area contributed by atoms with Gasteiger partial charge in [-0.1, -0.05) is 39.7 Å². The van der Waals surface area contributed by atoms with Crippen LogP contribution in [0.2, 0.25) is 5.02 Å². The van der Waals surface area contributed by atoms with E-state index in [0.717, 1.165) is 6.07 Å². The van der Waals surface area contributed by atoms with Crippen molar-refractivity contribution in [3.63, 3.8) is 0 Å². The number of hydrogen-bond donors (Lipinski definition) is 1. The molecule has 8 nitrogen and oxygen atoms in total. The average Bonchev–Trinajstić information content (AvgIpc) is 2.69. The van der Waals surface area contributed by atoms with E-state index in [1.165, 1.54) is 24.3 Å². The van der Waals surface area contributed by atoms with Crippen molar-refractivity contribution in [2.75, 3.05) is 17.3 Å². The fourth-order valence-corrected chi connectivity index (χ4v) is 2.88. The number of carbonyl (C=O) groups excluding carboxylic acids is 1. The van der Waals surface area contributed by atoms with E-state index in [4.69, 9.17) is 20.8 Å². The van der Waals surface area contributed by atoms with E-state index in [0.29, 0.717) is 16.4 Å². The summed E-state index contributed by atoms with van der Waals surface area (Å²) in [7, 11) is 0. The summed E-state index contributed by atoms with van der Waals surface area (Å²) in [4.78, 5) is 34.9. The molecule has 144 valence electrons. The van der Waals surface area contributed by atoms with Gasteiger partial charge in [-0.15, -0.1) is 0 Å². The molecule has 3 rings (SSSR count). The minimum Gasteiger partial charge on any atom is -0.463 e. The van der Waals surface area contributed by atoms with Crippen LogP contribution in [-0.2, 0) is 0 Å². The fourth-order valence-electron chi connectivity index (χ4n) is 2.46. The summed E-state index contributed by atoms with van der Waals surface area (Å²) in [5.74, 6) is -0.636. The maximum atomic E-state index is 12.4. The topological polar surface area (TPSA) is 112 Å². The molecule has 1 amide bonds. The van der Waals surface area contributed by atoms with Crippen LogP contribution in [0, 0.1) is 10.1 Å². The number of benzene rings is 2. The second-order valence-corrected chi connectivity index (χ2v) is 6.72. The molecule has 0 unspecified atom stereocenters. The van der Waals surface area contributed by atoms with Gasteiger partial charge in [0.15, 0.2) is 0 Å². The van der Waals surface area contributed by atoms with Crippen molar-refractivity contribution >= 4 is 55.6 Å². The highest BCUT2D eigenvalue weighted by atomic mass is 79.9. The number of rotatable bonds is 6. The van der Waals surface area contributed by atoms with Crippen LogP contribution >= 0.6 is 27.5 Å². The lowest BCUT2D eigenvalue weighted by Gasteiger charge is -2.09. The van der Waals surface area contributed by atoms with Crippen molar-refractivity contribution in [3.8, 4) is 5.95 Å². The van der Waals surface area contributed by atoms with Crippen molar-refractivity contribution < 1.29 is 18.9 Å². The number of nitrogens with one attached hydrogen (secondary N) is 1. The Balaban J connectivity index is 1.91. The maximum absolute atomic E-state index is 12.4. The third kappa shape index (κ3) is 4.15. The number of fused-ring (bicyclic) bond motifs is 1. The van der Waals surface area contributed by atoms with Crippen LogP contribution in [0.25, 0.3) is 10.8 Å². The smallest absolute Gasteiger partial charge is 0.346 e. The molecule has 1 aromatic heterocycles. The number of alkyl halides is 1. The maximum Gasteiger partial charge on any atom is 0.346 e. The predicted octanol–water partition coefficient (Wildman–Crippen LogP) is 4.38. The second-order valence-electron chi connectivity index (χ2n) is 5.55. The average molecular weight is 468 g/mol. The Bertz CT molecular complexity index is 1130. The Morgan fingerprint density at radius 1 is 1.25 bits per heavy atom. The highest BCUT2D eigenvalue weighted by Crippen LogP contribution is 2.32. The molecule has 0 fully saturated rings. The van der Waals surface area contributed by atoms with E-state index in [1.54, 1.807) is 12.1 Å². The van der Waals surface area contributed by atoms with Crippen molar-refractivity contribution in [2.24, 2.45) is 0 Å². The van der Waals surface area contributed by atoms with E-state index in [9.17, 15) is 19.7 Å². The molecule has 0 saturated heterocycles. The highest BCUT2D eigenvalue weighted by Gasteiger charge is 2.16. The summed E-state index contributed by atoms with van der Waals surface area (Å²) in [6, 6.07) is 9.83. The van der Waals surface area contributed by atoms with Gasteiger partial charge in [-0.25, -0.2) is 4.79 Å². The van der Waals surface area contributed by atoms with E-state index in [1.807, 2.05) is 0 Å². The molecule has 0 aliphatic heterocycles. The Labute approximate surface area is 171 Å². The summed E-state index contributed by atoms with van der Waals surface area (Å²) >= 11 is 9.42. The molecule has 3 aromatic rings. The molecule has 10 heteroatoms. The van der Waals surface area contributed by atoms with Crippen LogP contribution in [0.4, 0.5) is 11.4 Å². The number of hydrogen-bond acceptors (Lipinski definition) is 6. The van der Waals surface area contributed by atoms with Gasteiger partial charge in [0, 0.05) is 34.1 Å². The summed E-state index contributed by atoms with van der Waals surface area (Å²) < 4.78 is 10.4. The summed E-state index contributed by atoms with van der Waals surface area (Å²) in [5, 5.41) is 14.7. The number of amides is 1. The summed E-state index contributed by atoms with van der Waals surface area (Å²) in [6.45, 7) is 0.269. The number of nitro groups is 1. The lowest BCUT2D eigenvalue weighted by atomic mass is 10.1. The quantitative estimate of drug-likeness (QED) is 0.327. The number of non-ortho nitro benzene ring substituents is 1. The summed E-state index contributed by atoms with van der Waals surface area (Å²) in [6.07, 6.45) is 0. The minimum atomic E-state index is -0.671. The molecule has 2 aromatic carbocycles. The third-order valence-corrected chi connectivity index (χ3v) is 4.41. The van der Waals surface area contributed by atoms with Crippen molar-refractivity contribution in [1.82, 2.24) is 0 Å². The van der Waals surface area contributed by atoms with Gasteiger partial charge in [0.2, 0.25) is 0 Å². The van der Waals surface area contributed by atoms with Crippen molar-refractivity contribution in [3.05, 3.63) is 73.6 Å². The molecule has 0 bridgehead atoms. The van der Waals surface area contributed by atoms with Gasteiger partial charge in [-0.05, 0) is 18.2 Å². The van der Waals surface area contributed by atoms with Crippen molar-refractivity contribution in [2.45, 2.75) is 0 Å². The predicted molar refractivity (Wildman–Crippen MR) is 108 cm³/mol. The molecule has 28 heavy (non-hydrogen) atoms. The number of nitro benzene ring substituents is 1. The van der Waals surface area contributed by atoms with Crippen LogP contribution < -0.4 is 15.7 Å². The normalized spacial score (nSPS) is 10.6. The fraction of sp³-hybridized carbons (Fsp3) is 0.111. The monoisotopic (exact) mass is 466 g/mol. The third-order valence-electron chi connectivity index (χ3n) is 3.73. The van der Waals surface area contributed by atoms with Gasteiger partial charge >= 0.3 is 11.6 Å². The SMILES string of the molecule is O=C(Nc1ccc2c(Cl)c(OCCBr)oc(=O)c2c1)c1cccc([N+](=O)[O-])c1. The first-order valence-electron chi connectivity index (χ1n) is 7.91. The van der Waals surface area contributed by atoms with E-state index in [2.05, 4.69) is 21.2 Å². The molecule has 1 heterocycles. The van der Waals surface area contributed by atoms with Gasteiger partial charge in [-0.3, -0.25) is 14.9 Å². The molecule has 0 atom stereocenters. The van der Waals surface area contributed by atoms with Crippen LogP contribution in [0.3, 0.4) is 0 Å². The van der Waals surface area contributed by atoms with Gasteiger partial charge in [0.25, 0.3) is 11.6 Å². The zero-order valence-corrected chi connectivity index (χ0v) is 16.5. The second kappa shape index (κ2) is 8.41. The Hall–Kier alpha value is -2.91. The Morgan fingerprint density at radius 2 is 2.04 bits per heavy atom. The van der Waals surface area contributed by atoms with Gasteiger partial charge < -0.3 is 14.5 Å². The van der Waals surface area contributed by atoms with Gasteiger partial charge in [-0.2, -0.15) is 0 Å². The van der Waals surface area contributed by atoms with Gasteiger partial charge in [0.05, 0.1) is 10.3 Å². The molecule has 0 spiro atoms. The molecule has 0 aliphatic rings. The Morgan fingerprint density at radius 3 is 2.75 bits per heavy atom. The largest absolute Gasteiger partial charge is 0.463 e. The van der Waals surface area contributed by atoms with Crippen molar-refractivity contribution in [1.29, 1.82) is 0 Å². The lowest BCUT2D eigenvalue weighted by Crippen LogP contribution is -2.12. The van der Waals surface area contributed by atoms with Crippen LogP contribution in [0.1, 0.15) is 10.4 Å². The molecular formula is C18H12BrClN2O6. The Kier molecular flexibility index (Phi) is 5.96. The zero-order chi connectivity index (χ0) is 20.3. The van der Waals surface area contributed by atoms with Crippen LogP contribution in [0.5, 0.6) is 5.95 Å². The number of nitrogens with zero attached hydrogens (tertiary/aromatic N) is 1. The van der Waals surface area contributed by atoms with E-state index >= 15 is 0 Å². The molecule has 0 radical (unpaired) electrons. The number of halogens is 2. The standard InChI is InChI=1S/C18H12BrClN2O6/c19-6-7-27-18-15(20)13-5-4-11(9-14(13)17(24)28-18)21-16(23)10-2-1-3-12(8-10)22(25)26/h1-5,8-9H,6-7H2,(H,21,23). The zero-order valence-electron chi connectivity index (χ0n) is 14.1. The van der Waals surface area contributed by atoms with E-state index in [-0.39, 0.29) is 34.2 Å². The first kappa shape index (κ1) is 19.8. The van der Waals surface area contributed by atoms with Crippen LogP contribution in [-0.4, -0.2) is 22.8 Å². The first-order valence-corrected chi connectivity index (χ1v) is 9.41. The number of anilines is 1. The molecular weight excluding hydrogens is 456 g/mol. The lowest BCUT2D eigenvalue weighted by molar-refractivity contribution is -0.384. The number of carbonyl (C=O) groups is 1. The van der Waals surface area contributed by atoms with Gasteiger partial charge in [0.1, 0.15) is 11.6 Å².